The number of alkyl halides is 3. The summed E-state index contributed by atoms with van der Waals surface area (Å²) in [6.45, 7) is 1.08. The maximum atomic E-state index is 12.4. The van der Waals surface area contributed by atoms with Gasteiger partial charge in [-0.2, -0.15) is 0 Å². The molecule has 5 nitrogen and oxygen atoms in total. The van der Waals surface area contributed by atoms with Crippen molar-refractivity contribution >= 4 is 11.5 Å². The number of rotatable bonds is 3. The molecule has 0 atom stereocenters. The van der Waals surface area contributed by atoms with Crippen molar-refractivity contribution in [2.75, 3.05) is 0 Å². The zero-order chi connectivity index (χ0) is 20.6. The van der Waals surface area contributed by atoms with Gasteiger partial charge in [-0.15, -0.1) is 13.2 Å². The second kappa shape index (κ2) is 9.50. The van der Waals surface area contributed by atoms with E-state index in [1.807, 2.05) is 30.3 Å². The van der Waals surface area contributed by atoms with Crippen LogP contribution in [0.15, 0.2) is 72.7 Å². The Bertz CT molecular complexity index is 900. The second-order valence-electron chi connectivity index (χ2n) is 5.56. The Hall–Kier alpha value is -3.42. The average Bonchev–Trinajstić information content (AvgIpc) is 2.86. The van der Waals surface area contributed by atoms with Gasteiger partial charge in [0, 0.05) is 30.7 Å². The first-order chi connectivity index (χ1) is 13.2. The highest BCUT2D eigenvalue weighted by Crippen LogP contribution is 2.27. The van der Waals surface area contributed by atoms with Gasteiger partial charge >= 0.3 is 6.36 Å². The van der Waals surface area contributed by atoms with Gasteiger partial charge in [0.05, 0.1) is 5.69 Å². The van der Waals surface area contributed by atoms with Crippen molar-refractivity contribution in [1.82, 2.24) is 9.97 Å². The number of aliphatic carboxylic acids is 1. The molecule has 2 aromatic rings. The highest BCUT2D eigenvalue weighted by Gasteiger charge is 2.32. The molecule has 0 amide bonds. The highest BCUT2D eigenvalue weighted by molar-refractivity contribution is 5.73. The van der Waals surface area contributed by atoms with Crippen molar-refractivity contribution in [2.45, 2.75) is 19.7 Å². The Balaban J connectivity index is 0.000000640. The number of benzene rings is 1. The Labute approximate surface area is 159 Å². The van der Waals surface area contributed by atoms with Crippen LogP contribution in [-0.4, -0.2) is 27.4 Å². The summed E-state index contributed by atoms with van der Waals surface area (Å²) in [6, 6.07) is 11.2. The van der Waals surface area contributed by atoms with Crippen LogP contribution in [0.3, 0.4) is 0 Å². The fourth-order valence-electron chi connectivity index (χ4n) is 2.26. The van der Waals surface area contributed by atoms with Crippen LogP contribution in [-0.2, 0) is 9.53 Å². The van der Waals surface area contributed by atoms with E-state index < -0.39 is 12.3 Å². The van der Waals surface area contributed by atoms with E-state index in [0.29, 0.717) is 17.1 Å². The van der Waals surface area contributed by atoms with Crippen LogP contribution >= 0.6 is 0 Å². The number of hydrogen-bond donors (Lipinski definition) is 1. The summed E-state index contributed by atoms with van der Waals surface area (Å²) in [5, 5.41) is 7.42. The molecule has 0 radical (unpaired) electrons. The zero-order valence-corrected chi connectivity index (χ0v) is 14.8. The number of nitrogens with zero attached hydrogens (tertiary/aromatic N) is 2. The SMILES string of the molecule is CC(=O)O.FC(F)(F)OC1=CC(c2nccc(-c3ccccc3)n2)=CC=CC1. The normalized spacial score (nSPS) is 13.4. The van der Waals surface area contributed by atoms with Gasteiger partial charge in [0.2, 0.25) is 0 Å². The third kappa shape index (κ3) is 7.06. The maximum absolute atomic E-state index is 12.4. The molecule has 1 N–H and O–H groups in total. The van der Waals surface area contributed by atoms with E-state index in [0.717, 1.165) is 12.5 Å². The lowest BCUT2D eigenvalue weighted by Crippen LogP contribution is -2.12. The summed E-state index contributed by atoms with van der Waals surface area (Å²) in [6.07, 6.45) is 3.15. The molecule has 0 saturated carbocycles. The van der Waals surface area contributed by atoms with Gasteiger partial charge < -0.3 is 9.84 Å². The third-order valence-electron chi connectivity index (χ3n) is 3.28. The maximum Gasteiger partial charge on any atom is 0.572 e. The van der Waals surface area contributed by atoms with Crippen molar-refractivity contribution in [3.05, 3.63) is 78.5 Å². The number of ether oxygens (including phenoxy) is 1. The van der Waals surface area contributed by atoms with Crippen molar-refractivity contribution in [3.63, 3.8) is 0 Å². The minimum atomic E-state index is -4.72. The van der Waals surface area contributed by atoms with Gasteiger partial charge in [-0.1, -0.05) is 48.6 Å². The number of halogens is 3. The largest absolute Gasteiger partial charge is 0.572 e. The van der Waals surface area contributed by atoms with Gasteiger partial charge in [-0.05, 0) is 12.1 Å². The monoisotopic (exact) mass is 390 g/mol. The molecule has 1 aliphatic carbocycles. The van der Waals surface area contributed by atoms with E-state index in [9.17, 15) is 13.2 Å². The fraction of sp³-hybridized carbons (Fsp3) is 0.150. The van der Waals surface area contributed by atoms with Crippen molar-refractivity contribution < 1.29 is 27.8 Å². The summed E-state index contributed by atoms with van der Waals surface area (Å²) in [7, 11) is 0. The Morgan fingerprint density at radius 3 is 2.50 bits per heavy atom. The minimum absolute atomic E-state index is 0.0535. The molecule has 1 aromatic carbocycles. The number of carboxylic acids is 1. The number of allylic oxidation sites excluding steroid dienone is 5. The molecule has 0 saturated heterocycles. The lowest BCUT2D eigenvalue weighted by Gasteiger charge is -2.11. The number of hydrogen-bond acceptors (Lipinski definition) is 4. The number of carboxylic acid groups (broad SMARTS) is 1. The van der Waals surface area contributed by atoms with Crippen LogP contribution in [0.25, 0.3) is 16.8 Å². The lowest BCUT2D eigenvalue weighted by atomic mass is 10.1. The Morgan fingerprint density at radius 1 is 1.18 bits per heavy atom. The lowest BCUT2D eigenvalue weighted by molar-refractivity contribution is -0.305. The second-order valence-corrected chi connectivity index (χ2v) is 5.56. The van der Waals surface area contributed by atoms with E-state index in [4.69, 9.17) is 9.90 Å². The van der Waals surface area contributed by atoms with Gasteiger partial charge in [0.15, 0.2) is 5.82 Å². The highest BCUT2D eigenvalue weighted by atomic mass is 19.4. The molecule has 1 aliphatic rings. The van der Waals surface area contributed by atoms with Crippen LogP contribution < -0.4 is 0 Å². The first-order valence-corrected chi connectivity index (χ1v) is 8.16. The van der Waals surface area contributed by atoms with Gasteiger partial charge in [0.1, 0.15) is 5.76 Å². The quantitative estimate of drug-likeness (QED) is 0.799. The van der Waals surface area contributed by atoms with E-state index in [1.54, 1.807) is 30.5 Å². The summed E-state index contributed by atoms with van der Waals surface area (Å²) >= 11 is 0. The van der Waals surface area contributed by atoms with Crippen LogP contribution in [0.4, 0.5) is 13.2 Å². The summed E-state index contributed by atoms with van der Waals surface area (Å²) in [5.41, 5.74) is 2.06. The Morgan fingerprint density at radius 2 is 1.86 bits per heavy atom. The molecule has 0 fully saturated rings. The summed E-state index contributed by atoms with van der Waals surface area (Å²) < 4.78 is 41.4. The van der Waals surface area contributed by atoms with Crippen LogP contribution in [0.1, 0.15) is 19.2 Å². The molecule has 0 bridgehead atoms. The molecule has 1 heterocycles. The van der Waals surface area contributed by atoms with Crippen molar-refractivity contribution in [3.8, 4) is 11.3 Å². The molecule has 28 heavy (non-hydrogen) atoms. The molecule has 146 valence electrons. The molecular formula is C20H17F3N2O3. The van der Waals surface area contributed by atoms with E-state index in [1.165, 1.54) is 6.08 Å². The molecule has 0 aliphatic heterocycles. The molecule has 3 rings (SSSR count). The first-order valence-electron chi connectivity index (χ1n) is 8.16. The third-order valence-corrected chi connectivity index (χ3v) is 3.28. The summed E-state index contributed by atoms with van der Waals surface area (Å²) in [5.74, 6) is -0.692. The molecule has 8 heteroatoms. The van der Waals surface area contributed by atoms with E-state index in [-0.39, 0.29) is 12.2 Å². The standard InChI is InChI=1S/C18H13F3N2O.C2H4O2/c19-18(20,21)24-15-9-5-4-8-14(12-15)17-22-11-10-16(23-17)13-6-2-1-3-7-13;1-2(3)4/h1-8,10-12H,9H2;1H3,(H,3,4). The van der Waals surface area contributed by atoms with Gasteiger partial charge in [-0.25, -0.2) is 9.97 Å². The topological polar surface area (TPSA) is 72.3 Å². The van der Waals surface area contributed by atoms with Crippen molar-refractivity contribution in [1.29, 1.82) is 0 Å². The number of carbonyl (C=O) groups is 1. The van der Waals surface area contributed by atoms with E-state index in [2.05, 4.69) is 14.7 Å². The predicted octanol–water partition coefficient (Wildman–Crippen LogP) is 5.00. The molecular weight excluding hydrogens is 373 g/mol. The smallest absolute Gasteiger partial charge is 0.481 e. The van der Waals surface area contributed by atoms with Crippen LogP contribution in [0, 0.1) is 0 Å². The molecule has 0 spiro atoms. The van der Waals surface area contributed by atoms with Crippen molar-refractivity contribution in [2.24, 2.45) is 0 Å². The minimum Gasteiger partial charge on any atom is -0.481 e. The molecule has 0 unspecified atom stereocenters. The fourth-order valence-corrected chi connectivity index (χ4v) is 2.26. The molecule has 1 aromatic heterocycles. The predicted molar refractivity (Wildman–Crippen MR) is 97.7 cm³/mol. The van der Waals surface area contributed by atoms with Crippen LogP contribution in [0.5, 0.6) is 0 Å². The first kappa shape index (κ1) is 20.9. The zero-order valence-electron chi connectivity index (χ0n) is 14.8. The Kier molecular flexibility index (Phi) is 7.08. The number of aromatic nitrogens is 2. The van der Waals surface area contributed by atoms with Crippen LogP contribution in [0.2, 0.25) is 0 Å². The summed E-state index contributed by atoms with van der Waals surface area (Å²) in [4.78, 5) is 17.6. The van der Waals surface area contributed by atoms with E-state index >= 15 is 0 Å². The average molecular weight is 390 g/mol. The van der Waals surface area contributed by atoms with Gasteiger partial charge in [0.25, 0.3) is 5.97 Å². The van der Waals surface area contributed by atoms with Gasteiger partial charge in [-0.3, -0.25) is 4.79 Å².